The third-order valence-electron chi connectivity index (χ3n) is 7.70. The van der Waals surface area contributed by atoms with Gasteiger partial charge in [-0.15, -0.1) is 11.8 Å². The van der Waals surface area contributed by atoms with Crippen LogP contribution in [0.3, 0.4) is 0 Å². The predicted molar refractivity (Wildman–Crippen MR) is 162 cm³/mol. The van der Waals surface area contributed by atoms with Crippen LogP contribution in [-0.2, 0) is 23.9 Å². The van der Waals surface area contributed by atoms with Crippen molar-refractivity contribution in [2.75, 3.05) is 45.6 Å². The molecule has 244 valence electrons. The number of amides is 3. The number of carbonyl (C=O) groups excluding carboxylic acids is 4. The zero-order valence-corrected chi connectivity index (χ0v) is 26.5. The van der Waals surface area contributed by atoms with Crippen LogP contribution in [0.2, 0.25) is 0 Å². The Bertz CT molecular complexity index is 1380. The number of ether oxygens (including phenoxy) is 3. The van der Waals surface area contributed by atoms with Crippen molar-refractivity contribution < 1.29 is 43.3 Å². The second-order valence-corrected chi connectivity index (χ2v) is 11.5. The van der Waals surface area contributed by atoms with Crippen LogP contribution >= 0.6 is 11.8 Å². The third-order valence-corrected chi connectivity index (χ3v) is 8.45. The Hall–Kier alpha value is -4.27. The van der Waals surface area contributed by atoms with Gasteiger partial charge < -0.3 is 34.4 Å². The fourth-order valence-corrected chi connectivity index (χ4v) is 5.47. The van der Waals surface area contributed by atoms with Crippen LogP contribution in [0.25, 0.3) is 5.69 Å². The fraction of sp³-hybridized carbons (Fsp3) is 0.533. The average molecular weight is 646 g/mol. The van der Waals surface area contributed by atoms with Gasteiger partial charge in [0, 0.05) is 43.6 Å². The number of carbonyl (C=O) groups is 5. The number of hydrogen-bond acceptors (Lipinski definition) is 10. The molecular formula is C30H39N5O9S. The highest BCUT2D eigenvalue weighted by Gasteiger charge is 2.49. The Labute approximate surface area is 265 Å². The number of carboxylic acid groups (broad SMARTS) is 1. The molecule has 1 saturated carbocycles. The topological polar surface area (TPSA) is 170 Å². The molecular weight excluding hydrogens is 606 g/mol. The normalized spacial score (nSPS) is 16.2. The molecule has 14 nitrogen and oxygen atoms in total. The van der Waals surface area contributed by atoms with E-state index in [9.17, 15) is 29.1 Å². The molecule has 1 aromatic carbocycles. The standard InChI is InChI=1S/C30H39N5O9S/c1-4-42-28(40)30(13-6-14-30)44-24-19-23(32-35(24)20-7-9-21(45-3)10-8-20)26(38)31-22(11-12-25(36)37)27(39)33-15-17-34(18-16-33)29(41)43-5-2/h7-10,19,22H,4-6,11-18H2,1-3H3,(H,31,38)(H,36,37)/t22-/m0/s1. The van der Waals surface area contributed by atoms with E-state index in [4.69, 9.17) is 14.2 Å². The molecule has 1 aliphatic carbocycles. The first-order chi connectivity index (χ1) is 21.6. The molecule has 1 saturated heterocycles. The van der Waals surface area contributed by atoms with Crippen molar-refractivity contribution in [3.63, 3.8) is 0 Å². The SMILES string of the molecule is CCOC(=O)N1CCN(C(=O)[C@H](CCC(=O)O)NC(=O)c2cc(OC3(C(=O)OCC)CCC3)n(-c3ccc(SC)cc3)n2)CC1. The van der Waals surface area contributed by atoms with Crippen LogP contribution in [0.15, 0.2) is 35.2 Å². The summed E-state index contributed by atoms with van der Waals surface area (Å²) < 4.78 is 18.0. The summed E-state index contributed by atoms with van der Waals surface area (Å²) in [5.74, 6) is -2.64. The predicted octanol–water partition coefficient (Wildman–Crippen LogP) is 2.72. The van der Waals surface area contributed by atoms with Crippen molar-refractivity contribution in [3.05, 3.63) is 36.0 Å². The molecule has 45 heavy (non-hydrogen) atoms. The van der Waals surface area contributed by atoms with Gasteiger partial charge in [0.05, 0.1) is 18.9 Å². The average Bonchev–Trinajstić information content (AvgIpc) is 3.44. The molecule has 2 heterocycles. The zero-order valence-electron chi connectivity index (χ0n) is 25.7. The minimum atomic E-state index is -1.20. The van der Waals surface area contributed by atoms with Gasteiger partial charge in [-0.05, 0) is 70.1 Å². The fourth-order valence-electron chi connectivity index (χ4n) is 5.07. The van der Waals surface area contributed by atoms with Gasteiger partial charge in [-0.3, -0.25) is 14.4 Å². The quantitative estimate of drug-likeness (QED) is 0.243. The Morgan fingerprint density at radius 2 is 1.64 bits per heavy atom. The highest BCUT2D eigenvalue weighted by atomic mass is 32.2. The van der Waals surface area contributed by atoms with Gasteiger partial charge in [0.1, 0.15) is 6.04 Å². The van der Waals surface area contributed by atoms with Crippen LogP contribution in [-0.4, -0.2) is 112 Å². The molecule has 2 aliphatic rings. The number of nitrogens with zero attached hydrogens (tertiary/aromatic N) is 4. The van der Waals surface area contributed by atoms with E-state index in [1.54, 1.807) is 37.7 Å². The van der Waals surface area contributed by atoms with E-state index in [1.165, 1.54) is 20.5 Å². The van der Waals surface area contributed by atoms with E-state index in [2.05, 4.69) is 10.4 Å². The summed E-state index contributed by atoms with van der Waals surface area (Å²) in [7, 11) is 0. The van der Waals surface area contributed by atoms with E-state index >= 15 is 0 Å². The van der Waals surface area contributed by atoms with E-state index in [0.717, 1.165) is 11.3 Å². The van der Waals surface area contributed by atoms with Crippen molar-refractivity contribution in [2.24, 2.45) is 0 Å². The first-order valence-electron chi connectivity index (χ1n) is 14.9. The van der Waals surface area contributed by atoms with Gasteiger partial charge in [-0.1, -0.05) is 0 Å². The summed E-state index contributed by atoms with van der Waals surface area (Å²) in [4.78, 5) is 67.3. The Morgan fingerprint density at radius 3 is 2.20 bits per heavy atom. The largest absolute Gasteiger partial charge is 0.481 e. The minimum Gasteiger partial charge on any atom is -0.481 e. The maximum atomic E-state index is 13.6. The Kier molecular flexibility index (Phi) is 11.3. The molecule has 0 unspecified atom stereocenters. The molecule has 1 aromatic heterocycles. The highest BCUT2D eigenvalue weighted by Crippen LogP contribution is 2.39. The van der Waals surface area contributed by atoms with Crippen LogP contribution in [0.4, 0.5) is 4.79 Å². The summed E-state index contributed by atoms with van der Waals surface area (Å²) in [6.07, 6.45) is 2.63. The summed E-state index contributed by atoms with van der Waals surface area (Å²) in [6, 6.07) is 7.63. The van der Waals surface area contributed by atoms with Gasteiger partial charge in [-0.2, -0.15) is 5.10 Å². The summed E-state index contributed by atoms with van der Waals surface area (Å²) in [6.45, 7) is 4.73. The lowest BCUT2D eigenvalue weighted by Gasteiger charge is -2.38. The Morgan fingerprint density at radius 1 is 1.00 bits per heavy atom. The molecule has 2 aromatic rings. The number of hydrogen-bond donors (Lipinski definition) is 2. The number of aliphatic carboxylic acids is 1. The zero-order chi connectivity index (χ0) is 32.6. The third kappa shape index (κ3) is 8.07. The summed E-state index contributed by atoms with van der Waals surface area (Å²) in [5.41, 5.74) is -0.706. The Balaban J connectivity index is 1.57. The van der Waals surface area contributed by atoms with Gasteiger partial charge in [0.15, 0.2) is 5.69 Å². The van der Waals surface area contributed by atoms with E-state index in [-0.39, 0.29) is 63.8 Å². The lowest BCUT2D eigenvalue weighted by atomic mass is 9.80. The van der Waals surface area contributed by atoms with Crippen molar-refractivity contribution in [1.82, 2.24) is 24.9 Å². The second-order valence-electron chi connectivity index (χ2n) is 10.6. The maximum absolute atomic E-state index is 13.6. The summed E-state index contributed by atoms with van der Waals surface area (Å²) >= 11 is 1.56. The van der Waals surface area contributed by atoms with Gasteiger partial charge in [0.2, 0.25) is 17.4 Å². The van der Waals surface area contributed by atoms with Crippen molar-refractivity contribution in [2.45, 2.75) is 62.5 Å². The maximum Gasteiger partial charge on any atom is 0.409 e. The van der Waals surface area contributed by atoms with Gasteiger partial charge >= 0.3 is 18.0 Å². The van der Waals surface area contributed by atoms with Crippen LogP contribution < -0.4 is 10.1 Å². The smallest absolute Gasteiger partial charge is 0.409 e. The highest BCUT2D eigenvalue weighted by molar-refractivity contribution is 7.98. The molecule has 0 radical (unpaired) electrons. The minimum absolute atomic E-state index is 0.0856. The van der Waals surface area contributed by atoms with Crippen molar-refractivity contribution >= 4 is 41.6 Å². The van der Waals surface area contributed by atoms with Crippen LogP contribution in [0.5, 0.6) is 5.88 Å². The molecule has 1 aliphatic heterocycles. The monoisotopic (exact) mass is 645 g/mol. The first-order valence-corrected chi connectivity index (χ1v) is 16.2. The van der Waals surface area contributed by atoms with Crippen LogP contribution in [0.1, 0.15) is 56.4 Å². The number of esters is 1. The lowest BCUT2D eigenvalue weighted by molar-refractivity contribution is -0.170. The number of nitrogens with one attached hydrogen (secondary N) is 1. The lowest BCUT2D eigenvalue weighted by Crippen LogP contribution is -2.56. The number of rotatable bonds is 13. The number of benzene rings is 1. The molecule has 4 rings (SSSR count). The molecule has 1 atom stereocenters. The van der Waals surface area contributed by atoms with Crippen molar-refractivity contribution in [1.29, 1.82) is 0 Å². The summed E-state index contributed by atoms with van der Waals surface area (Å²) in [5, 5.41) is 16.4. The first kappa shape index (κ1) is 33.6. The van der Waals surface area contributed by atoms with Crippen molar-refractivity contribution in [3.8, 4) is 11.6 Å². The van der Waals surface area contributed by atoms with E-state index in [1.807, 2.05) is 18.4 Å². The second kappa shape index (κ2) is 15.1. The molecule has 0 spiro atoms. The number of thioether (sulfide) groups is 1. The van der Waals surface area contributed by atoms with Gasteiger partial charge in [0.25, 0.3) is 5.91 Å². The molecule has 3 amide bonds. The molecule has 2 N–H and O–H groups in total. The molecule has 0 bridgehead atoms. The molecule has 2 fully saturated rings. The number of carboxylic acids is 1. The number of piperazine rings is 1. The van der Waals surface area contributed by atoms with E-state index < -0.39 is 41.5 Å². The number of aromatic nitrogens is 2. The molecule has 15 heteroatoms. The van der Waals surface area contributed by atoms with Gasteiger partial charge in [-0.25, -0.2) is 14.3 Å². The van der Waals surface area contributed by atoms with E-state index in [0.29, 0.717) is 18.5 Å². The van der Waals surface area contributed by atoms with Crippen LogP contribution in [0, 0.1) is 0 Å².